The number of fused-ring (bicyclic) bond motifs is 1. The second kappa shape index (κ2) is 7.85. The largest absolute Gasteiger partial charge is 1.00 e. The standard InChI is InChI=1S/C16H18N5O.BrH/c1-20-12-21(10-6-9-13-7-4-3-5-8-13)14-15(19-22-2)17-11-18-16(14)20;/h3-9,11-12H,10H2,1-2H3,(H,17,18,19);1H/q+1;/p-1/b9-6+;. The molecule has 1 N–H and O–H groups in total. The number of benzene rings is 1. The molecule has 0 bridgehead atoms. The Morgan fingerprint density at radius 1 is 1.26 bits per heavy atom. The fourth-order valence-electron chi connectivity index (χ4n) is 2.39. The summed E-state index contributed by atoms with van der Waals surface area (Å²) in [7, 11) is 3.53. The number of hydrogen-bond donors (Lipinski definition) is 1. The molecule has 0 unspecified atom stereocenters. The van der Waals surface area contributed by atoms with Gasteiger partial charge in [-0.3, -0.25) is 9.40 Å². The van der Waals surface area contributed by atoms with E-state index in [0.29, 0.717) is 5.82 Å². The Kier molecular flexibility index (Phi) is 5.84. The fraction of sp³-hybridized carbons (Fsp3) is 0.188. The van der Waals surface area contributed by atoms with Crippen LogP contribution in [-0.4, -0.2) is 21.6 Å². The van der Waals surface area contributed by atoms with E-state index in [2.05, 4.69) is 44.3 Å². The Morgan fingerprint density at radius 2 is 2.04 bits per heavy atom. The van der Waals surface area contributed by atoms with E-state index in [1.165, 1.54) is 11.9 Å². The van der Waals surface area contributed by atoms with E-state index in [1.807, 2.05) is 36.1 Å². The van der Waals surface area contributed by atoms with Crippen LogP contribution in [0.2, 0.25) is 0 Å². The smallest absolute Gasteiger partial charge is 0.307 e. The molecule has 2 heterocycles. The molecule has 6 nitrogen and oxygen atoms in total. The van der Waals surface area contributed by atoms with Crippen LogP contribution in [0.5, 0.6) is 0 Å². The van der Waals surface area contributed by atoms with Gasteiger partial charge in [0.15, 0.2) is 18.5 Å². The average molecular weight is 376 g/mol. The number of aromatic nitrogens is 4. The summed E-state index contributed by atoms with van der Waals surface area (Å²) in [6.45, 7) is 0.720. The Bertz CT molecular complexity index is 801. The molecule has 0 fully saturated rings. The molecule has 2 aromatic heterocycles. The summed E-state index contributed by atoms with van der Waals surface area (Å²) in [5.74, 6) is 0.654. The molecule has 0 atom stereocenters. The number of rotatable bonds is 5. The lowest BCUT2D eigenvalue weighted by atomic mass is 10.2. The number of aryl methyl sites for hydroxylation is 1. The van der Waals surface area contributed by atoms with Gasteiger partial charge in [0, 0.05) is 0 Å². The normalized spacial score (nSPS) is 10.9. The molecular weight excluding hydrogens is 358 g/mol. The van der Waals surface area contributed by atoms with Crippen molar-refractivity contribution in [2.75, 3.05) is 12.6 Å². The molecular formula is C16H18BrN5O. The van der Waals surface area contributed by atoms with Gasteiger partial charge in [-0.05, 0) is 11.6 Å². The van der Waals surface area contributed by atoms with Crippen LogP contribution in [0, 0.1) is 0 Å². The van der Waals surface area contributed by atoms with Gasteiger partial charge < -0.3 is 17.0 Å². The van der Waals surface area contributed by atoms with Crippen molar-refractivity contribution in [1.29, 1.82) is 0 Å². The molecule has 0 spiro atoms. The average Bonchev–Trinajstić information content (AvgIpc) is 2.86. The van der Waals surface area contributed by atoms with Crippen molar-refractivity contribution in [3.63, 3.8) is 0 Å². The third kappa shape index (κ3) is 3.75. The van der Waals surface area contributed by atoms with Gasteiger partial charge in [0.25, 0.3) is 0 Å². The summed E-state index contributed by atoms with van der Waals surface area (Å²) in [5, 5.41) is 0. The van der Waals surface area contributed by atoms with E-state index < -0.39 is 0 Å². The monoisotopic (exact) mass is 375 g/mol. The van der Waals surface area contributed by atoms with Gasteiger partial charge in [0.2, 0.25) is 5.52 Å². The predicted molar refractivity (Wildman–Crippen MR) is 84.8 cm³/mol. The first-order valence-corrected chi connectivity index (χ1v) is 6.99. The van der Waals surface area contributed by atoms with E-state index in [1.54, 1.807) is 7.11 Å². The predicted octanol–water partition coefficient (Wildman–Crippen LogP) is -1.05. The summed E-state index contributed by atoms with van der Waals surface area (Å²) in [6.07, 6.45) is 7.72. The highest BCUT2D eigenvalue weighted by molar-refractivity contribution is 5.80. The topological polar surface area (TPSA) is 55.9 Å². The molecule has 3 rings (SSSR count). The maximum atomic E-state index is 4.99. The van der Waals surface area contributed by atoms with Crippen LogP contribution in [-0.2, 0) is 18.4 Å². The Labute approximate surface area is 145 Å². The lowest BCUT2D eigenvalue weighted by Gasteiger charge is -2.01. The van der Waals surface area contributed by atoms with Crippen LogP contribution in [0.4, 0.5) is 5.82 Å². The fourth-order valence-corrected chi connectivity index (χ4v) is 2.39. The molecule has 0 aliphatic rings. The van der Waals surface area contributed by atoms with Gasteiger partial charge >= 0.3 is 5.65 Å². The van der Waals surface area contributed by atoms with Crippen molar-refractivity contribution in [3.8, 4) is 0 Å². The molecule has 1 aromatic carbocycles. The highest BCUT2D eigenvalue weighted by atomic mass is 79.9. The molecule has 0 radical (unpaired) electrons. The van der Waals surface area contributed by atoms with E-state index in [-0.39, 0.29) is 17.0 Å². The molecule has 23 heavy (non-hydrogen) atoms. The highest BCUT2D eigenvalue weighted by Gasteiger charge is 2.18. The number of hydrogen-bond acceptors (Lipinski definition) is 4. The lowest BCUT2D eigenvalue weighted by molar-refractivity contribution is -0.647. The minimum absolute atomic E-state index is 0. The van der Waals surface area contributed by atoms with Crippen molar-refractivity contribution in [2.45, 2.75) is 6.54 Å². The van der Waals surface area contributed by atoms with Crippen molar-refractivity contribution in [3.05, 3.63) is 54.6 Å². The molecule has 7 heteroatoms. The van der Waals surface area contributed by atoms with Gasteiger partial charge in [-0.15, -0.1) is 0 Å². The maximum Gasteiger partial charge on any atom is 0.307 e. The Morgan fingerprint density at radius 3 is 2.78 bits per heavy atom. The molecule has 120 valence electrons. The molecule has 0 amide bonds. The number of halogens is 1. The summed E-state index contributed by atoms with van der Waals surface area (Å²) in [5.41, 5.74) is 5.74. The Hall–Kier alpha value is -2.25. The SMILES string of the molecule is CONc1ncnc2c1n(C/C=C/c1ccccc1)c[n+]2C.[Br-]. The van der Waals surface area contributed by atoms with Crippen LogP contribution >= 0.6 is 0 Å². The van der Waals surface area contributed by atoms with Gasteiger partial charge in [-0.2, -0.15) is 4.98 Å². The molecule has 3 aromatic rings. The van der Waals surface area contributed by atoms with Gasteiger partial charge in [0.1, 0.15) is 0 Å². The third-order valence-electron chi connectivity index (χ3n) is 3.35. The molecule has 0 saturated carbocycles. The first-order valence-electron chi connectivity index (χ1n) is 6.99. The van der Waals surface area contributed by atoms with Crippen LogP contribution in [0.15, 0.2) is 49.1 Å². The summed E-state index contributed by atoms with van der Waals surface area (Å²) < 4.78 is 4.05. The zero-order chi connectivity index (χ0) is 15.4. The second-order valence-electron chi connectivity index (χ2n) is 4.89. The molecule has 0 saturated heterocycles. The second-order valence-corrected chi connectivity index (χ2v) is 4.89. The lowest BCUT2D eigenvalue weighted by Crippen LogP contribution is -3.00. The minimum atomic E-state index is 0. The first kappa shape index (κ1) is 17.1. The van der Waals surface area contributed by atoms with Crippen molar-refractivity contribution in [1.82, 2.24) is 14.5 Å². The number of allylic oxidation sites excluding steroid dienone is 1. The van der Waals surface area contributed by atoms with Gasteiger partial charge in [-0.25, -0.2) is 10.0 Å². The third-order valence-corrected chi connectivity index (χ3v) is 3.35. The van der Waals surface area contributed by atoms with Crippen molar-refractivity contribution < 1.29 is 26.4 Å². The number of imidazole rings is 1. The Balaban J connectivity index is 0.00000192. The highest BCUT2D eigenvalue weighted by Crippen LogP contribution is 2.17. The number of nitrogens with zero attached hydrogens (tertiary/aromatic N) is 4. The van der Waals surface area contributed by atoms with E-state index >= 15 is 0 Å². The van der Waals surface area contributed by atoms with Gasteiger partial charge in [0.05, 0.1) is 20.7 Å². The summed E-state index contributed by atoms with van der Waals surface area (Å²) in [6, 6.07) is 10.2. The van der Waals surface area contributed by atoms with Gasteiger partial charge in [-0.1, -0.05) is 41.4 Å². The van der Waals surface area contributed by atoms with E-state index in [9.17, 15) is 0 Å². The van der Waals surface area contributed by atoms with E-state index in [4.69, 9.17) is 4.84 Å². The van der Waals surface area contributed by atoms with E-state index in [0.717, 1.165) is 17.7 Å². The number of nitrogens with one attached hydrogen (secondary N) is 1. The summed E-state index contributed by atoms with van der Waals surface area (Å²) in [4.78, 5) is 13.5. The van der Waals surface area contributed by atoms with Crippen LogP contribution in [0.1, 0.15) is 5.56 Å². The van der Waals surface area contributed by atoms with Crippen LogP contribution < -0.4 is 27.0 Å². The van der Waals surface area contributed by atoms with Crippen molar-refractivity contribution >= 4 is 23.1 Å². The number of anilines is 1. The van der Waals surface area contributed by atoms with Crippen LogP contribution in [0.25, 0.3) is 17.2 Å². The quantitative estimate of drug-likeness (QED) is 0.456. The molecule has 0 aliphatic carbocycles. The molecule has 0 aliphatic heterocycles. The first-order chi connectivity index (χ1) is 10.8. The zero-order valence-electron chi connectivity index (χ0n) is 13.0. The van der Waals surface area contributed by atoms with Crippen molar-refractivity contribution in [2.24, 2.45) is 7.05 Å². The summed E-state index contributed by atoms with van der Waals surface area (Å²) >= 11 is 0. The maximum absolute atomic E-state index is 4.99. The minimum Gasteiger partial charge on any atom is -1.00 e. The van der Waals surface area contributed by atoms with Crippen LogP contribution in [0.3, 0.4) is 0 Å². The zero-order valence-corrected chi connectivity index (χ0v) is 14.6.